The minimum Gasteiger partial charge on any atom is -0.215 e. The van der Waals surface area contributed by atoms with E-state index in [0.29, 0.717) is 0 Å². The standard InChI is InChI=1S/C6H10F3NO2S/c7-6(8,9)5-2-1-3-10(4-5)13(11)12/h5,13H,1-4H2. The Bertz CT molecular complexity index is 243. The van der Waals surface area contributed by atoms with Gasteiger partial charge in [0.1, 0.15) is 0 Å². The van der Waals surface area contributed by atoms with Crippen molar-refractivity contribution in [1.82, 2.24) is 4.31 Å². The molecule has 0 aromatic rings. The molecule has 0 aliphatic carbocycles. The molecule has 1 aliphatic heterocycles. The zero-order valence-electron chi connectivity index (χ0n) is 6.75. The first-order chi connectivity index (χ1) is 5.91. The van der Waals surface area contributed by atoms with Gasteiger partial charge in [0, 0.05) is 13.1 Å². The molecule has 0 saturated carbocycles. The first kappa shape index (κ1) is 10.8. The number of hydrogen-bond donors (Lipinski definition) is 1. The largest absolute Gasteiger partial charge is 0.393 e. The van der Waals surface area contributed by atoms with E-state index in [9.17, 15) is 21.6 Å². The van der Waals surface area contributed by atoms with Gasteiger partial charge in [0.05, 0.1) is 5.92 Å². The second kappa shape index (κ2) is 3.83. The van der Waals surface area contributed by atoms with Gasteiger partial charge in [0.2, 0.25) is 10.9 Å². The number of hydrogen-bond acceptors (Lipinski definition) is 2. The van der Waals surface area contributed by atoms with E-state index < -0.39 is 29.5 Å². The molecule has 3 nitrogen and oxygen atoms in total. The van der Waals surface area contributed by atoms with E-state index in [4.69, 9.17) is 0 Å². The monoisotopic (exact) mass is 217 g/mol. The summed E-state index contributed by atoms with van der Waals surface area (Å²) in [4.78, 5) is 0. The minimum absolute atomic E-state index is 0.0309. The summed E-state index contributed by atoms with van der Waals surface area (Å²) in [6.45, 7) is -0.201. The van der Waals surface area contributed by atoms with Crippen LogP contribution in [0.5, 0.6) is 0 Å². The molecule has 0 bridgehead atoms. The Hall–Kier alpha value is -0.300. The highest BCUT2D eigenvalue weighted by atomic mass is 32.2. The number of alkyl halides is 3. The van der Waals surface area contributed by atoms with Crippen molar-refractivity contribution in [3.05, 3.63) is 0 Å². The van der Waals surface area contributed by atoms with Gasteiger partial charge in [-0.25, -0.2) is 12.7 Å². The van der Waals surface area contributed by atoms with Crippen LogP contribution in [0.3, 0.4) is 0 Å². The van der Waals surface area contributed by atoms with Gasteiger partial charge in [-0.2, -0.15) is 13.2 Å². The number of halogens is 3. The normalized spacial score (nSPS) is 26.6. The summed E-state index contributed by atoms with van der Waals surface area (Å²) in [5, 5.41) is 0. The molecule has 7 heteroatoms. The molecule has 1 saturated heterocycles. The van der Waals surface area contributed by atoms with Crippen LogP contribution in [-0.2, 0) is 10.9 Å². The third kappa shape index (κ3) is 2.84. The topological polar surface area (TPSA) is 37.4 Å². The molecule has 1 rings (SSSR count). The van der Waals surface area contributed by atoms with Crippen LogP contribution in [0.2, 0.25) is 0 Å². The molecule has 0 amide bonds. The highest BCUT2D eigenvalue weighted by Gasteiger charge is 2.42. The van der Waals surface area contributed by atoms with Crippen molar-refractivity contribution in [1.29, 1.82) is 0 Å². The summed E-state index contributed by atoms with van der Waals surface area (Å²) in [7, 11) is -2.86. The van der Waals surface area contributed by atoms with E-state index in [1.165, 1.54) is 0 Å². The molecule has 1 fully saturated rings. The highest BCUT2D eigenvalue weighted by Crippen LogP contribution is 2.32. The first-order valence-corrected chi connectivity index (χ1v) is 5.00. The minimum atomic E-state index is -4.27. The van der Waals surface area contributed by atoms with Crippen molar-refractivity contribution in [3.8, 4) is 0 Å². The average molecular weight is 217 g/mol. The first-order valence-electron chi connectivity index (χ1n) is 3.87. The molecule has 0 aromatic carbocycles. The zero-order chi connectivity index (χ0) is 10.1. The maximum Gasteiger partial charge on any atom is 0.393 e. The van der Waals surface area contributed by atoms with E-state index in [0.717, 1.165) is 4.31 Å². The van der Waals surface area contributed by atoms with Crippen molar-refractivity contribution in [2.75, 3.05) is 13.1 Å². The number of rotatable bonds is 1. The van der Waals surface area contributed by atoms with Crippen LogP contribution in [0.1, 0.15) is 12.8 Å². The predicted molar refractivity (Wildman–Crippen MR) is 40.7 cm³/mol. The van der Waals surface area contributed by atoms with E-state index in [-0.39, 0.29) is 19.4 Å². The fourth-order valence-electron chi connectivity index (χ4n) is 1.37. The van der Waals surface area contributed by atoms with Gasteiger partial charge in [0.15, 0.2) is 0 Å². The van der Waals surface area contributed by atoms with Crippen LogP contribution in [0.25, 0.3) is 0 Å². The number of nitrogens with zero attached hydrogens (tertiary/aromatic N) is 1. The van der Waals surface area contributed by atoms with Gasteiger partial charge in [-0.1, -0.05) is 0 Å². The fraction of sp³-hybridized carbons (Fsp3) is 1.00. The average Bonchev–Trinajstić information content (AvgIpc) is 2.03. The summed E-state index contributed by atoms with van der Waals surface area (Å²) in [5.41, 5.74) is 0. The maximum atomic E-state index is 12.2. The van der Waals surface area contributed by atoms with Crippen molar-refractivity contribution in [2.24, 2.45) is 5.92 Å². The summed E-state index contributed by atoms with van der Waals surface area (Å²) in [5.74, 6) is -1.49. The van der Waals surface area contributed by atoms with Crippen molar-refractivity contribution in [3.63, 3.8) is 0 Å². The Labute approximate surface area is 75.6 Å². The Balaban J connectivity index is 2.62. The van der Waals surface area contributed by atoms with E-state index in [1.54, 1.807) is 0 Å². The highest BCUT2D eigenvalue weighted by molar-refractivity contribution is 7.69. The lowest BCUT2D eigenvalue weighted by atomic mass is 9.99. The predicted octanol–water partition coefficient (Wildman–Crippen LogP) is 0.787. The van der Waals surface area contributed by atoms with Crippen LogP contribution in [0.15, 0.2) is 0 Å². The Morgan fingerprint density at radius 2 is 1.92 bits per heavy atom. The number of piperidine rings is 1. The van der Waals surface area contributed by atoms with Crippen molar-refractivity contribution >= 4 is 10.9 Å². The summed E-state index contributed by atoms with van der Waals surface area (Å²) in [6, 6.07) is 0. The van der Waals surface area contributed by atoms with Crippen LogP contribution in [0, 0.1) is 5.92 Å². The van der Waals surface area contributed by atoms with Gasteiger partial charge in [-0.3, -0.25) is 0 Å². The third-order valence-corrected chi connectivity index (χ3v) is 2.92. The molecule has 0 N–H and O–H groups in total. The third-order valence-electron chi connectivity index (χ3n) is 2.09. The van der Waals surface area contributed by atoms with Crippen molar-refractivity contribution in [2.45, 2.75) is 19.0 Å². The van der Waals surface area contributed by atoms with Crippen LogP contribution in [-0.4, -0.2) is 32.0 Å². The molecule has 0 spiro atoms. The Kier molecular flexibility index (Phi) is 3.18. The lowest BCUT2D eigenvalue weighted by Gasteiger charge is -2.29. The SMILES string of the molecule is O=[SH](=O)N1CCCC(C(F)(F)F)C1. The summed E-state index contributed by atoms with van der Waals surface area (Å²) >= 11 is 0. The molecule has 1 atom stereocenters. The molecule has 1 aliphatic rings. The molecule has 0 aromatic heterocycles. The van der Waals surface area contributed by atoms with Gasteiger partial charge in [0.25, 0.3) is 0 Å². The summed E-state index contributed by atoms with van der Waals surface area (Å²) in [6.07, 6.45) is -3.96. The molecular weight excluding hydrogens is 207 g/mol. The molecule has 1 heterocycles. The van der Waals surface area contributed by atoms with Gasteiger partial charge in [-0.15, -0.1) is 0 Å². The van der Waals surface area contributed by atoms with Crippen LogP contribution < -0.4 is 0 Å². The molecule has 78 valence electrons. The van der Waals surface area contributed by atoms with Crippen LogP contribution >= 0.6 is 0 Å². The lowest BCUT2D eigenvalue weighted by molar-refractivity contribution is -0.182. The quantitative estimate of drug-likeness (QED) is 0.659. The number of thiol groups is 1. The van der Waals surface area contributed by atoms with Crippen LogP contribution in [0.4, 0.5) is 13.2 Å². The van der Waals surface area contributed by atoms with E-state index in [1.807, 2.05) is 0 Å². The fourth-order valence-corrected chi connectivity index (χ4v) is 2.01. The Morgan fingerprint density at radius 1 is 1.31 bits per heavy atom. The van der Waals surface area contributed by atoms with Gasteiger partial charge < -0.3 is 0 Å². The molecule has 13 heavy (non-hydrogen) atoms. The summed E-state index contributed by atoms with van der Waals surface area (Å²) < 4.78 is 58.2. The smallest absolute Gasteiger partial charge is 0.215 e. The lowest BCUT2D eigenvalue weighted by Crippen LogP contribution is -2.40. The maximum absolute atomic E-state index is 12.2. The van der Waals surface area contributed by atoms with Gasteiger partial charge in [-0.05, 0) is 12.8 Å². The second-order valence-electron chi connectivity index (χ2n) is 3.03. The molecule has 0 radical (unpaired) electrons. The van der Waals surface area contributed by atoms with Gasteiger partial charge >= 0.3 is 6.18 Å². The molecular formula is C6H10F3NO2S. The molecule has 1 unspecified atom stereocenters. The van der Waals surface area contributed by atoms with E-state index in [2.05, 4.69) is 0 Å². The Morgan fingerprint density at radius 3 is 2.38 bits per heavy atom. The van der Waals surface area contributed by atoms with E-state index >= 15 is 0 Å². The van der Waals surface area contributed by atoms with Crippen molar-refractivity contribution < 1.29 is 21.6 Å². The zero-order valence-corrected chi connectivity index (χ0v) is 7.65. The second-order valence-corrected chi connectivity index (χ2v) is 4.07.